The maximum atomic E-state index is 13.8. The molecule has 0 aliphatic carbocycles. The first-order chi connectivity index (χ1) is 12.2. The highest BCUT2D eigenvalue weighted by Crippen LogP contribution is 2.24. The fraction of sp³-hybridized carbons (Fsp3) is 0.474. The number of hydrogen-bond acceptors (Lipinski definition) is 5. The summed E-state index contributed by atoms with van der Waals surface area (Å²) in [6.07, 6.45) is 5.34. The highest BCUT2D eigenvalue weighted by atomic mass is 19.1. The van der Waals surface area contributed by atoms with E-state index in [1.165, 1.54) is 12.4 Å². The molecular weight excluding hydrogens is 319 g/mol. The van der Waals surface area contributed by atoms with Crippen LogP contribution in [0.1, 0.15) is 31.7 Å². The van der Waals surface area contributed by atoms with E-state index < -0.39 is 0 Å². The van der Waals surface area contributed by atoms with E-state index in [4.69, 9.17) is 0 Å². The molecule has 0 bridgehead atoms. The molecule has 2 aromatic rings. The Labute approximate surface area is 147 Å². The molecule has 1 aromatic carbocycles. The monoisotopic (exact) mass is 344 g/mol. The molecule has 6 heteroatoms. The van der Waals surface area contributed by atoms with Gasteiger partial charge in [0.25, 0.3) is 0 Å². The number of nitrogens with zero attached hydrogens (tertiary/aromatic N) is 3. The molecule has 2 N–H and O–H groups in total. The number of anilines is 2. The number of nitrogens with one attached hydrogen (secondary N) is 1. The number of aromatic nitrogens is 2. The summed E-state index contributed by atoms with van der Waals surface area (Å²) in [5.41, 5.74) is 0.688. The molecule has 3 rings (SSSR count). The van der Waals surface area contributed by atoms with Gasteiger partial charge in [-0.25, -0.2) is 14.4 Å². The highest BCUT2D eigenvalue weighted by molar-refractivity contribution is 5.50. The van der Waals surface area contributed by atoms with Gasteiger partial charge in [-0.2, -0.15) is 0 Å². The van der Waals surface area contributed by atoms with E-state index in [0.29, 0.717) is 12.0 Å². The van der Waals surface area contributed by atoms with Crippen molar-refractivity contribution < 1.29 is 9.50 Å². The summed E-state index contributed by atoms with van der Waals surface area (Å²) in [6, 6.07) is 8.89. The standard InChI is InChI=1S/C19H25FN4O/c1-14(10-15-6-2-3-8-17(15)20)23-18-11-19(22-13-21-18)24-9-5-4-7-16(24)12-25/h2-3,6,8,11,13-14,16,25H,4-5,7,9-10,12H2,1H3,(H,21,22,23). The van der Waals surface area contributed by atoms with Crippen LogP contribution < -0.4 is 10.2 Å². The van der Waals surface area contributed by atoms with Gasteiger partial charge in [-0.3, -0.25) is 0 Å². The maximum Gasteiger partial charge on any atom is 0.134 e. The molecule has 2 heterocycles. The Balaban J connectivity index is 1.68. The normalized spacial score (nSPS) is 18.8. The predicted molar refractivity (Wildman–Crippen MR) is 97.3 cm³/mol. The number of piperidine rings is 1. The zero-order chi connectivity index (χ0) is 17.6. The fourth-order valence-electron chi connectivity index (χ4n) is 3.37. The SMILES string of the molecule is CC(Cc1ccccc1F)Nc1cc(N2CCCCC2CO)ncn1. The minimum absolute atomic E-state index is 0.0367. The number of benzene rings is 1. The fourth-order valence-corrected chi connectivity index (χ4v) is 3.37. The summed E-state index contributed by atoms with van der Waals surface area (Å²) in [5.74, 6) is 1.36. The van der Waals surface area contributed by atoms with Crippen molar-refractivity contribution in [3.63, 3.8) is 0 Å². The van der Waals surface area contributed by atoms with Crippen LogP contribution in [-0.4, -0.2) is 40.3 Å². The average molecular weight is 344 g/mol. The van der Waals surface area contributed by atoms with E-state index in [2.05, 4.69) is 20.2 Å². The van der Waals surface area contributed by atoms with Crippen LogP contribution in [0.3, 0.4) is 0 Å². The first-order valence-corrected chi connectivity index (χ1v) is 8.87. The predicted octanol–water partition coefficient (Wildman–Crippen LogP) is 3.01. The molecule has 1 aromatic heterocycles. The summed E-state index contributed by atoms with van der Waals surface area (Å²) in [7, 11) is 0. The van der Waals surface area contributed by atoms with Gasteiger partial charge in [0.05, 0.1) is 12.6 Å². The quantitative estimate of drug-likeness (QED) is 0.843. The Morgan fingerprint density at radius 3 is 2.96 bits per heavy atom. The van der Waals surface area contributed by atoms with Gasteiger partial charge in [-0.15, -0.1) is 0 Å². The largest absolute Gasteiger partial charge is 0.394 e. The minimum atomic E-state index is -0.182. The second-order valence-electron chi connectivity index (χ2n) is 6.63. The molecular formula is C19H25FN4O. The molecule has 1 aliphatic rings. The van der Waals surface area contributed by atoms with Gasteiger partial charge < -0.3 is 15.3 Å². The lowest BCUT2D eigenvalue weighted by Crippen LogP contribution is -2.42. The minimum Gasteiger partial charge on any atom is -0.394 e. The van der Waals surface area contributed by atoms with Crippen LogP contribution in [0.15, 0.2) is 36.7 Å². The summed E-state index contributed by atoms with van der Waals surface area (Å²) in [6.45, 7) is 3.04. The first-order valence-electron chi connectivity index (χ1n) is 8.87. The van der Waals surface area contributed by atoms with Crippen LogP contribution >= 0.6 is 0 Å². The third-order valence-electron chi connectivity index (χ3n) is 4.66. The van der Waals surface area contributed by atoms with E-state index >= 15 is 0 Å². The van der Waals surface area contributed by atoms with E-state index in [1.807, 2.05) is 19.1 Å². The smallest absolute Gasteiger partial charge is 0.134 e. The zero-order valence-corrected chi connectivity index (χ0v) is 14.5. The van der Waals surface area contributed by atoms with Crippen molar-refractivity contribution in [2.75, 3.05) is 23.4 Å². The molecule has 25 heavy (non-hydrogen) atoms. The van der Waals surface area contributed by atoms with E-state index in [0.717, 1.165) is 37.4 Å². The molecule has 0 radical (unpaired) electrons. The molecule has 1 aliphatic heterocycles. The lowest BCUT2D eigenvalue weighted by Gasteiger charge is -2.35. The number of aliphatic hydroxyl groups excluding tert-OH is 1. The lowest BCUT2D eigenvalue weighted by molar-refractivity contribution is 0.239. The number of aliphatic hydroxyl groups is 1. The van der Waals surface area contributed by atoms with E-state index in [9.17, 15) is 9.50 Å². The Morgan fingerprint density at radius 2 is 2.16 bits per heavy atom. The van der Waals surface area contributed by atoms with Crippen molar-refractivity contribution in [3.05, 3.63) is 48.0 Å². The Morgan fingerprint density at radius 1 is 1.32 bits per heavy atom. The molecule has 2 atom stereocenters. The van der Waals surface area contributed by atoms with Crippen molar-refractivity contribution in [1.82, 2.24) is 9.97 Å². The van der Waals surface area contributed by atoms with Crippen molar-refractivity contribution >= 4 is 11.6 Å². The maximum absolute atomic E-state index is 13.8. The van der Waals surface area contributed by atoms with Gasteiger partial charge in [-0.1, -0.05) is 18.2 Å². The van der Waals surface area contributed by atoms with Crippen LogP contribution in [0.5, 0.6) is 0 Å². The van der Waals surface area contributed by atoms with Gasteiger partial charge in [-0.05, 0) is 44.2 Å². The lowest BCUT2D eigenvalue weighted by atomic mass is 10.0. The second-order valence-corrected chi connectivity index (χ2v) is 6.63. The van der Waals surface area contributed by atoms with Gasteiger partial charge >= 0.3 is 0 Å². The molecule has 2 unspecified atom stereocenters. The Bertz CT molecular complexity index is 697. The van der Waals surface area contributed by atoms with Crippen LogP contribution in [0.4, 0.5) is 16.0 Å². The van der Waals surface area contributed by atoms with E-state index in [1.54, 1.807) is 12.1 Å². The number of halogens is 1. The van der Waals surface area contributed by atoms with Crippen molar-refractivity contribution in [1.29, 1.82) is 0 Å². The average Bonchev–Trinajstić information content (AvgIpc) is 2.64. The van der Waals surface area contributed by atoms with Crippen LogP contribution in [0.2, 0.25) is 0 Å². The molecule has 134 valence electrons. The highest BCUT2D eigenvalue weighted by Gasteiger charge is 2.23. The summed E-state index contributed by atoms with van der Waals surface area (Å²) >= 11 is 0. The second kappa shape index (κ2) is 8.25. The summed E-state index contributed by atoms with van der Waals surface area (Å²) in [5, 5.41) is 12.9. The van der Waals surface area contributed by atoms with Crippen molar-refractivity contribution in [3.8, 4) is 0 Å². The Hall–Kier alpha value is -2.21. The molecule has 0 amide bonds. The third-order valence-corrected chi connectivity index (χ3v) is 4.66. The van der Waals surface area contributed by atoms with Crippen molar-refractivity contribution in [2.24, 2.45) is 0 Å². The van der Waals surface area contributed by atoms with Gasteiger partial charge in [0, 0.05) is 18.7 Å². The van der Waals surface area contributed by atoms with Crippen molar-refractivity contribution in [2.45, 2.75) is 44.7 Å². The van der Waals surface area contributed by atoms with Gasteiger partial charge in [0.15, 0.2) is 0 Å². The van der Waals surface area contributed by atoms with Crippen LogP contribution in [0.25, 0.3) is 0 Å². The number of rotatable bonds is 6. The molecule has 0 saturated carbocycles. The molecule has 1 fully saturated rings. The zero-order valence-electron chi connectivity index (χ0n) is 14.5. The summed E-state index contributed by atoms with van der Waals surface area (Å²) in [4.78, 5) is 10.8. The third kappa shape index (κ3) is 4.45. The first kappa shape index (κ1) is 17.6. The Kier molecular flexibility index (Phi) is 5.81. The molecule has 5 nitrogen and oxygen atoms in total. The van der Waals surface area contributed by atoms with E-state index in [-0.39, 0.29) is 24.5 Å². The topological polar surface area (TPSA) is 61.3 Å². The van der Waals surface area contributed by atoms with Crippen LogP contribution in [0, 0.1) is 5.82 Å². The van der Waals surface area contributed by atoms with Gasteiger partial charge in [0.1, 0.15) is 23.8 Å². The molecule has 1 saturated heterocycles. The molecule has 0 spiro atoms. The van der Waals surface area contributed by atoms with Gasteiger partial charge in [0.2, 0.25) is 0 Å². The van der Waals surface area contributed by atoms with Crippen LogP contribution in [-0.2, 0) is 6.42 Å². The number of hydrogen-bond donors (Lipinski definition) is 2. The summed E-state index contributed by atoms with van der Waals surface area (Å²) < 4.78 is 13.8.